The molecule has 5 nitrogen and oxygen atoms in total. The van der Waals surface area contributed by atoms with E-state index < -0.39 is 0 Å². The van der Waals surface area contributed by atoms with E-state index in [4.69, 9.17) is 17.4 Å². The Bertz CT molecular complexity index is 648. The molecule has 0 bridgehead atoms. The van der Waals surface area contributed by atoms with Gasteiger partial charge >= 0.3 is 0 Å². The first-order chi connectivity index (χ1) is 10.0. The number of anilines is 1. The normalized spacial score (nSPS) is 10.3. The van der Waals surface area contributed by atoms with Crippen LogP contribution in [0.4, 0.5) is 5.82 Å². The molecule has 0 radical (unpaired) electrons. The van der Waals surface area contributed by atoms with Crippen LogP contribution in [0.15, 0.2) is 41.0 Å². The number of pyridine rings is 1. The van der Waals surface area contributed by atoms with E-state index in [1.54, 1.807) is 18.0 Å². The topological polar surface area (TPSA) is 71.2 Å². The van der Waals surface area contributed by atoms with E-state index in [-0.39, 0.29) is 5.91 Å². The van der Waals surface area contributed by atoms with Crippen LogP contribution < -0.4 is 11.3 Å². The van der Waals surface area contributed by atoms with Gasteiger partial charge in [-0.3, -0.25) is 4.79 Å². The first kappa shape index (κ1) is 15.8. The molecule has 0 saturated carbocycles. The molecule has 7 heteroatoms. The average Bonchev–Trinajstić information content (AvgIpc) is 2.48. The lowest BCUT2D eigenvalue weighted by Crippen LogP contribution is -2.26. The molecule has 0 aliphatic carbocycles. The van der Waals surface area contributed by atoms with Gasteiger partial charge in [-0.25, -0.2) is 10.8 Å². The second-order valence-corrected chi connectivity index (χ2v) is 5.81. The van der Waals surface area contributed by atoms with Gasteiger partial charge in [-0.1, -0.05) is 39.7 Å². The second-order valence-electron chi connectivity index (χ2n) is 4.49. The van der Waals surface area contributed by atoms with Crippen LogP contribution >= 0.6 is 27.5 Å². The summed E-state index contributed by atoms with van der Waals surface area (Å²) in [5, 5.41) is 0.306. The number of aromatic nitrogens is 1. The highest BCUT2D eigenvalue weighted by molar-refractivity contribution is 9.10. The van der Waals surface area contributed by atoms with Crippen molar-refractivity contribution in [1.29, 1.82) is 0 Å². The van der Waals surface area contributed by atoms with Gasteiger partial charge in [0, 0.05) is 24.3 Å². The third-order valence-electron chi connectivity index (χ3n) is 2.90. The minimum Gasteiger partial charge on any atom is -0.337 e. The summed E-state index contributed by atoms with van der Waals surface area (Å²) in [5.74, 6) is 5.44. The third kappa shape index (κ3) is 3.93. The summed E-state index contributed by atoms with van der Waals surface area (Å²) in [7, 11) is 1.73. The highest BCUT2D eigenvalue weighted by atomic mass is 79.9. The van der Waals surface area contributed by atoms with Gasteiger partial charge in [-0.2, -0.15) is 0 Å². The maximum absolute atomic E-state index is 12.3. The Morgan fingerprint density at radius 1 is 1.43 bits per heavy atom. The molecule has 0 unspecified atom stereocenters. The van der Waals surface area contributed by atoms with Gasteiger partial charge in [0.25, 0.3) is 5.91 Å². The van der Waals surface area contributed by atoms with E-state index in [1.165, 1.54) is 6.20 Å². The average molecular weight is 370 g/mol. The molecule has 1 aromatic carbocycles. The lowest BCUT2D eigenvalue weighted by molar-refractivity contribution is 0.0784. The SMILES string of the molecule is CN(Cc1ccc(Br)cc1)C(=O)c1cnc(NN)c(Cl)c1. The van der Waals surface area contributed by atoms with Crippen molar-refractivity contribution in [1.82, 2.24) is 9.88 Å². The third-order valence-corrected chi connectivity index (χ3v) is 3.72. The van der Waals surface area contributed by atoms with Crippen LogP contribution in [0.25, 0.3) is 0 Å². The molecule has 1 amide bonds. The number of hydrogen-bond acceptors (Lipinski definition) is 4. The summed E-state index contributed by atoms with van der Waals surface area (Å²) >= 11 is 9.35. The number of amides is 1. The number of rotatable bonds is 4. The number of nitrogen functional groups attached to an aromatic ring is 1. The predicted molar refractivity (Wildman–Crippen MR) is 87.0 cm³/mol. The molecule has 2 rings (SSSR count). The van der Waals surface area contributed by atoms with E-state index in [1.807, 2.05) is 24.3 Å². The predicted octanol–water partition coefficient (Wildman–Crippen LogP) is 3.06. The molecule has 0 aliphatic rings. The number of nitrogens with zero attached hydrogens (tertiary/aromatic N) is 2. The summed E-state index contributed by atoms with van der Waals surface area (Å²) in [6, 6.07) is 9.34. The van der Waals surface area contributed by atoms with Crippen molar-refractivity contribution in [3.05, 3.63) is 57.2 Å². The van der Waals surface area contributed by atoms with Crippen molar-refractivity contribution in [2.45, 2.75) is 6.54 Å². The number of hydrogen-bond donors (Lipinski definition) is 2. The van der Waals surface area contributed by atoms with Crippen LogP contribution in [0.2, 0.25) is 5.02 Å². The van der Waals surface area contributed by atoms with E-state index in [0.29, 0.717) is 22.9 Å². The zero-order valence-electron chi connectivity index (χ0n) is 11.3. The van der Waals surface area contributed by atoms with Crippen LogP contribution in [0.1, 0.15) is 15.9 Å². The van der Waals surface area contributed by atoms with Crippen LogP contribution in [0, 0.1) is 0 Å². The van der Waals surface area contributed by atoms with Crippen LogP contribution in [0.5, 0.6) is 0 Å². The van der Waals surface area contributed by atoms with Gasteiger partial charge in [-0.15, -0.1) is 0 Å². The van der Waals surface area contributed by atoms with Gasteiger partial charge in [0.05, 0.1) is 10.6 Å². The van der Waals surface area contributed by atoms with Crippen molar-refractivity contribution in [3.8, 4) is 0 Å². The Hall–Kier alpha value is -1.63. The number of benzene rings is 1. The Balaban J connectivity index is 2.11. The standard InChI is InChI=1S/C14H14BrClN4O/c1-20(8-9-2-4-11(15)5-3-9)14(21)10-6-12(16)13(19-17)18-7-10/h2-7H,8,17H2,1H3,(H,18,19). The summed E-state index contributed by atoms with van der Waals surface area (Å²) in [5.41, 5.74) is 3.81. The quantitative estimate of drug-likeness (QED) is 0.642. The van der Waals surface area contributed by atoms with Gasteiger partial charge in [-0.05, 0) is 23.8 Å². The van der Waals surface area contributed by atoms with Crippen molar-refractivity contribution >= 4 is 39.3 Å². The van der Waals surface area contributed by atoms with Crippen molar-refractivity contribution in [2.24, 2.45) is 5.84 Å². The molecule has 0 aliphatic heterocycles. The number of hydrazine groups is 1. The molecule has 0 spiro atoms. The number of nitrogens with two attached hydrogens (primary N) is 1. The Labute approximate surface area is 136 Å². The monoisotopic (exact) mass is 368 g/mol. The number of halogens is 2. The first-order valence-corrected chi connectivity index (χ1v) is 7.30. The van der Waals surface area contributed by atoms with Crippen LogP contribution in [-0.4, -0.2) is 22.8 Å². The highest BCUT2D eigenvalue weighted by Crippen LogP contribution is 2.20. The maximum atomic E-state index is 12.3. The lowest BCUT2D eigenvalue weighted by atomic mass is 10.2. The first-order valence-electron chi connectivity index (χ1n) is 6.13. The summed E-state index contributed by atoms with van der Waals surface area (Å²) in [4.78, 5) is 17.9. The maximum Gasteiger partial charge on any atom is 0.255 e. The molecular formula is C14H14BrClN4O. The Morgan fingerprint density at radius 3 is 2.67 bits per heavy atom. The molecule has 3 N–H and O–H groups in total. The summed E-state index contributed by atoms with van der Waals surface area (Å²) in [6.45, 7) is 0.501. The molecule has 0 saturated heterocycles. The summed E-state index contributed by atoms with van der Waals surface area (Å²) < 4.78 is 1.00. The van der Waals surface area contributed by atoms with Gasteiger partial charge in [0.2, 0.25) is 0 Å². The Morgan fingerprint density at radius 2 is 2.10 bits per heavy atom. The molecular weight excluding hydrogens is 356 g/mol. The largest absolute Gasteiger partial charge is 0.337 e. The van der Waals surface area contributed by atoms with Crippen LogP contribution in [-0.2, 0) is 6.54 Å². The van der Waals surface area contributed by atoms with Crippen molar-refractivity contribution < 1.29 is 4.79 Å². The molecule has 1 aromatic heterocycles. The van der Waals surface area contributed by atoms with E-state index in [2.05, 4.69) is 26.3 Å². The smallest absolute Gasteiger partial charge is 0.255 e. The fraction of sp³-hybridized carbons (Fsp3) is 0.143. The molecule has 110 valence electrons. The fourth-order valence-corrected chi connectivity index (χ4v) is 2.30. The molecule has 21 heavy (non-hydrogen) atoms. The number of carbonyl (C=O) groups is 1. The molecule has 0 atom stereocenters. The fourth-order valence-electron chi connectivity index (χ4n) is 1.82. The van der Waals surface area contributed by atoms with E-state index in [9.17, 15) is 4.79 Å². The highest BCUT2D eigenvalue weighted by Gasteiger charge is 2.14. The van der Waals surface area contributed by atoms with Gasteiger partial charge < -0.3 is 10.3 Å². The number of carbonyl (C=O) groups excluding carboxylic acids is 1. The zero-order chi connectivity index (χ0) is 15.4. The lowest BCUT2D eigenvalue weighted by Gasteiger charge is -2.17. The van der Waals surface area contributed by atoms with Gasteiger partial charge in [0.1, 0.15) is 0 Å². The minimum atomic E-state index is -0.157. The molecule has 2 aromatic rings. The van der Waals surface area contributed by atoms with Crippen molar-refractivity contribution in [2.75, 3.05) is 12.5 Å². The minimum absolute atomic E-state index is 0.157. The zero-order valence-corrected chi connectivity index (χ0v) is 13.6. The van der Waals surface area contributed by atoms with E-state index >= 15 is 0 Å². The van der Waals surface area contributed by atoms with Crippen molar-refractivity contribution in [3.63, 3.8) is 0 Å². The second kappa shape index (κ2) is 6.89. The summed E-state index contributed by atoms with van der Waals surface area (Å²) in [6.07, 6.45) is 1.45. The van der Waals surface area contributed by atoms with Crippen LogP contribution in [0.3, 0.4) is 0 Å². The van der Waals surface area contributed by atoms with Gasteiger partial charge in [0.15, 0.2) is 5.82 Å². The number of nitrogens with one attached hydrogen (secondary N) is 1. The van der Waals surface area contributed by atoms with E-state index in [0.717, 1.165) is 10.0 Å². The Kier molecular flexibility index (Phi) is 5.17. The molecule has 0 fully saturated rings. The molecule has 1 heterocycles.